The summed E-state index contributed by atoms with van der Waals surface area (Å²) in [6.07, 6.45) is 3.90. The molecule has 0 amide bonds. The Labute approximate surface area is 92.8 Å². The van der Waals surface area contributed by atoms with Crippen LogP contribution in [-0.4, -0.2) is 23.3 Å². The van der Waals surface area contributed by atoms with Crippen LogP contribution in [-0.2, 0) is 9.53 Å². The highest BCUT2D eigenvalue weighted by molar-refractivity contribution is 5.77. The van der Waals surface area contributed by atoms with E-state index in [1.807, 2.05) is 13.8 Å². The maximum Gasteiger partial charge on any atom is 0.335 e. The Kier molecular flexibility index (Phi) is 6.57. The number of unbranched alkanes of at least 4 members (excludes halogenated alkanes) is 1. The first-order valence-corrected chi connectivity index (χ1v) is 5.86. The van der Waals surface area contributed by atoms with Crippen molar-refractivity contribution < 1.29 is 14.6 Å². The Hall–Kier alpha value is -0.570. The van der Waals surface area contributed by atoms with Crippen LogP contribution in [0, 0.1) is 5.92 Å². The van der Waals surface area contributed by atoms with Gasteiger partial charge in [0.15, 0.2) is 5.60 Å². The lowest BCUT2D eigenvalue weighted by Crippen LogP contribution is -2.44. The fraction of sp³-hybridized carbons (Fsp3) is 0.917. The number of ether oxygens (including phenoxy) is 1. The molecule has 2 atom stereocenters. The summed E-state index contributed by atoms with van der Waals surface area (Å²) >= 11 is 0. The molecule has 90 valence electrons. The van der Waals surface area contributed by atoms with E-state index in [1.165, 1.54) is 0 Å². The van der Waals surface area contributed by atoms with Crippen molar-refractivity contribution in [3.05, 3.63) is 0 Å². The molecule has 2 unspecified atom stereocenters. The molecule has 0 aliphatic heterocycles. The molecule has 0 aromatic heterocycles. The largest absolute Gasteiger partial charge is 0.479 e. The van der Waals surface area contributed by atoms with E-state index in [0.29, 0.717) is 6.61 Å². The highest BCUT2D eigenvalue weighted by atomic mass is 16.5. The van der Waals surface area contributed by atoms with Crippen molar-refractivity contribution in [2.24, 2.45) is 5.92 Å². The molecule has 0 aliphatic rings. The summed E-state index contributed by atoms with van der Waals surface area (Å²) in [7, 11) is 0. The molecular formula is C12H24O3. The average Bonchev–Trinajstić information content (AvgIpc) is 2.21. The van der Waals surface area contributed by atoms with Crippen molar-refractivity contribution in [2.75, 3.05) is 6.61 Å². The molecule has 0 bridgehead atoms. The SMILES string of the molecule is CCCCC(C)C(C)(OCCC)C(=O)O. The Bertz CT molecular complexity index is 191. The van der Waals surface area contributed by atoms with E-state index in [0.717, 1.165) is 25.7 Å². The lowest BCUT2D eigenvalue weighted by molar-refractivity contribution is -0.171. The van der Waals surface area contributed by atoms with E-state index in [-0.39, 0.29) is 5.92 Å². The third-order valence-electron chi connectivity index (χ3n) is 2.96. The average molecular weight is 216 g/mol. The van der Waals surface area contributed by atoms with Crippen molar-refractivity contribution >= 4 is 5.97 Å². The first-order valence-electron chi connectivity index (χ1n) is 5.86. The summed E-state index contributed by atoms with van der Waals surface area (Å²) in [4.78, 5) is 11.2. The third-order valence-corrected chi connectivity index (χ3v) is 2.96. The Morgan fingerprint density at radius 1 is 1.40 bits per heavy atom. The molecule has 0 saturated carbocycles. The van der Waals surface area contributed by atoms with E-state index in [4.69, 9.17) is 4.74 Å². The molecule has 0 fully saturated rings. The number of hydrogen-bond donors (Lipinski definition) is 1. The maximum absolute atomic E-state index is 11.2. The van der Waals surface area contributed by atoms with E-state index in [1.54, 1.807) is 6.92 Å². The van der Waals surface area contributed by atoms with Crippen molar-refractivity contribution in [1.82, 2.24) is 0 Å². The van der Waals surface area contributed by atoms with Crippen molar-refractivity contribution in [3.63, 3.8) is 0 Å². The zero-order valence-corrected chi connectivity index (χ0v) is 10.4. The molecule has 15 heavy (non-hydrogen) atoms. The topological polar surface area (TPSA) is 46.5 Å². The van der Waals surface area contributed by atoms with Gasteiger partial charge in [-0.25, -0.2) is 4.79 Å². The standard InChI is InChI=1S/C12H24O3/c1-5-7-8-10(3)12(4,11(13)14)15-9-6-2/h10H,5-9H2,1-4H3,(H,13,14). The van der Waals surface area contributed by atoms with Gasteiger partial charge in [-0.15, -0.1) is 0 Å². The first kappa shape index (κ1) is 14.4. The second-order valence-corrected chi connectivity index (χ2v) is 4.30. The van der Waals surface area contributed by atoms with Crippen molar-refractivity contribution in [1.29, 1.82) is 0 Å². The zero-order chi connectivity index (χ0) is 11.9. The number of carboxylic acids is 1. The van der Waals surface area contributed by atoms with Gasteiger partial charge in [-0.2, -0.15) is 0 Å². The van der Waals surface area contributed by atoms with Gasteiger partial charge in [-0.05, 0) is 25.7 Å². The van der Waals surface area contributed by atoms with Crippen LogP contribution in [0.2, 0.25) is 0 Å². The zero-order valence-electron chi connectivity index (χ0n) is 10.4. The molecule has 0 spiro atoms. The third kappa shape index (κ3) is 4.20. The van der Waals surface area contributed by atoms with Crippen LogP contribution in [0.1, 0.15) is 53.4 Å². The summed E-state index contributed by atoms with van der Waals surface area (Å²) in [5, 5.41) is 9.20. The summed E-state index contributed by atoms with van der Waals surface area (Å²) in [6.45, 7) is 8.25. The molecule has 0 aliphatic carbocycles. The van der Waals surface area contributed by atoms with Crippen LogP contribution in [0.25, 0.3) is 0 Å². The van der Waals surface area contributed by atoms with Gasteiger partial charge in [0, 0.05) is 6.61 Å². The molecule has 3 nitrogen and oxygen atoms in total. The van der Waals surface area contributed by atoms with Gasteiger partial charge < -0.3 is 9.84 Å². The highest BCUT2D eigenvalue weighted by Gasteiger charge is 2.39. The van der Waals surface area contributed by atoms with E-state index >= 15 is 0 Å². The van der Waals surface area contributed by atoms with Crippen LogP contribution in [0.15, 0.2) is 0 Å². The lowest BCUT2D eigenvalue weighted by Gasteiger charge is -2.31. The van der Waals surface area contributed by atoms with Gasteiger partial charge in [0.25, 0.3) is 0 Å². The molecular weight excluding hydrogens is 192 g/mol. The second kappa shape index (κ2) is 6.83. The summed E-state index contributed by atoms with van der Waals surface area (Å²) < 4.78 is 5.50. The van der Waals surface area contributed by atoms with Gasteiger partial charge in [0.1, 0.15) is 0 Å². The summed E-state index contributed by atoms with van der Waals surface area (Å²) in [5.74, 6) is -0.791. The highest BCUT2D eigenvalue weighted by Crippen LogP contribution is 2.27. The molecule has 0 heterocycles. The van der Waals surface area contributed by atoms with Crippen molar-refractivity contribution in [3.8, 4) is 0 Å². The summed E-state index contributed by atoms with van der Waals surface area (Å²) in [6, 6.07) is 0. The van der Waals surface area contributed by atoms with E-state index < -0.39 is 11.6 Å². The maximum atomic E-state index is 11.2. The molecule has 3 heteroatoms. The number of rotatable bonds is 8. The quantitative estimate of drug-likeness (QED) is 0.678. The number of carboxylic acid groups (broad SMARTS) is 1. The predicted octanol–water partition coefficient (Wildman–Crippen LogP) is 3.08. The first-order chi connectivity index (χ1) is 6.99. The van der Waals surface area contributed by atoms with Gasteiger partial charge in [0.05, 0.1) is 0 Å². The van der Waals surface area contributed by atoms with E-state index in [9.17, 15) is 9.90 Å². The van der Waals surface area contributed by atoms with Gasteiger partial charge in [0.2, 0.25) is 0 Å². The molecule has 0 aromatic rings. The summed E-state index contributed by atoms with van der Waals surface area (Å²) in [5.41, 5.74) is -1.02. The molecule has 0 aromatic carbocycles. The minimum atomic E-state index is -1.02. The van der Waals surface area contributed by atoms with Crippen molar-refractivity contribution in [2.45, 2.75) is 59.0 Å². The van der Waals surface area contributed by atoms with Gasteiger partial charge in [-0.1, -0.05) is 33.6 Å². The Balaban J connectivity index is 4.40. The molecule has 0 rings (SSSR count). The number of hydrogen-bond acceptors (Lipinski definition) is 2. The van der Waals surface area contributed by atoms with E-state index in [2.05, 4.69) is 6.92 Å². The van der Waals surface area contributed by atoms with Crippen LogP contribution in [0.4, 0.5) is 0 Å². The van der Waals surface area contributed by atoms with Crippen LogP contribution >= 0.6 is 0 Å². The Morgan fingerprint density at radius 3 is 2.40 bits per heavy atom. The minimum Gasteiger partial charge on any atom is -0.479 e. The lowest BCUT2D eigenvalue weighted by atomic mass is 9.86. The van der Waals surface area contributed by atoms with Crippen LogP contribution in [0.3, 0.4) is 0 Å². The molecule has 0 saturated heterocycles. The van der Waals surface area contributed by atoms with Gasteiger partial charge in [-0.3, -0.25) is 0 Å². The minimum absolute atomic E-state index is 0.0569. The van der Waals surface area contributed by atoms with Crippen LogP contribution < -0.4 is 0 Å². The molecule has 1 N–H and O–H groups in total. The normalized spacial score (nSPS) is 17.1. The smallest absolute Gasteiger partial charge is 0.335 e. The Morgan fingerprint density at radius 2 is 2.00 bits per heavy atom. The number of carbonyl (C=O) groups is 1. The number of aliphatic carboxylic acids is 1. The molecule has 0 radical (unpaired) electrons. The fourth-order valence-corrected chi connectivity index (χ4v) is 1.51. The fourth-order valence-electron chi connectivity index (χ4n) is 1.51. The monoisotopic (exact) mass is 216 g/mol. The van der Waals surface area contributed by atoms with Gasteiger partial charge >= 0.3 is 5.97 Å². The predicted molar refractivity (Wildman–Crippen MR) is 61.0 cm³/mol. The second-order valence-electron chi connectivity index (χ2n) is 4.30. The van der Waals surface area contributed by atoms with Crippen LogP contribution in [0.5, 0.6) is 0 Å².